The van der Waals surface area contributed by atoms with Crippen molar-refractivity contribution in [3.63, 3.8) is 0 Å². The Kier molecular flexibility index (Phi) is 7.68. The minimum atomic E-state index is -0.0359. The van der Waals surface area contributed by atoms with Gasteiger partial charge in [-0.15, -0.1) is 11.8 Å². The SMILES string of the molecule is CN(C)C(=O)Sc1ccc(NC(=O)CCSc2ccc(Cl)cc2)cc1. The van der Waals surface area contributed by atoms with E-state index in [-0.39, 0.29) is 11.1 Å². The molecule has 0 unspecified atom stereocenters. The molecule has 2 amide bonds. The predicted octanol–water partition coefficient (Wildman–Crippen LogP) is 5.23. The molecular formula is C18H19ClN2O2S2. The van der Waals surface area contributed by atoms with E-state index in [2.05, 4.69) is 5.32 Å². The number of benzene rings is 2. The van der Waals surface area contributed by atoms with Crippen LogP contribution in [0.3, 0.4) is 0 Å². The van der Waals surface area contributed by atoms with E-state index < -0.39 is 0 Å². The highest BCUT2D eigenvalue weighted by Gasteiger charge is 2.07. The van der Waals surface area contributed by atoms with Gasteiger partial charge in [-0.2, -0.15) is 0 Å². The van der Waals surface area contributed by atoms with Gasteiger partial charge in [0, 0.05) is 46.8 Å². The van der Waals surface area contributed by atoms with Gasteiger partial charge in [0.05, 0.1) is 0 Å². The molecule has 2 aromatic rings. The first kappa shape index (κ1) is 19.7. The minimum Gasteiger partial charge on any atom is -0.339 e. The van der Waals surface area contributed by atoms with Crippen molar-refractivity contribution in [3.05, 3.63) is 53.6 Å². The van der Waals surface area contributed by atoms with Crippen molar-refractivity contribution < 1.29 is 9.59 Å². The normalized spacial score (nSPS) is 10.4. The topological polar surface area (TPSA) is 49.4 Å². The van der Waals surface area contributed by atoms with E-state index in [1.165, 1.54) is 4.90 Å². The third-order valence-corrected chi connectivity index (χ3v) is 5.43. The van der Waals surface area contributed by atoms with Gasteiger partial charge in [-0.25, -0.2) is 0 Å². The van der Waals surface area contributed by atoms with Crippen molar-refractivity contribution in [2.75, 3.05) is 25.2 Å². The van der Waals surface area contributed by atoms with Crippen LogP contribution in [0.5, 0.6) is 0 Å². The van der Waals surface area contributed by atoms with Crippen molar-refractivity contribution in [3.8, 4) is 0 Å². The maximum absolute atomic E-state index is 12.0. The van der Waals surface area contributed by atoms with Gasteiger partial charge in [-0.1, -0.05) is 11.6 Å². The average molecular weight is 395 g/mol. The van der Waals surface area contributed by atoms with Crippen LogP contribution in [0.25, 0.3) is 0 Å². The highest BCUT2D eigenvalue weighted by molar-refractivity contribution is 8.13. The number of hydrogen-bond acceptors (Lipinski definition) is 4. The number of amides is 2. The first-order chi connectivity index (χ1) is 11.9. The number of nitrogens with one attached hydrogen (secondary N) is 1. The second-order valence-corrected chi connectivity index (χ2v) is 8.02. The number of anilines is 1. The second-order valence-electron chi connectivity index (χ2n) is 5.39. The third kappa shape index (κ3) is 7.02. The fourth-order valence-corrected chi connectivity index (χ4v) is 3.45. The summed E-state index contributed by atoms with van der Waals surface area (Å²) in [6.07, 6.45) is 0.420. The molecule has 2 rings (SSSR count). The molecule has 0 atom stereocenters. The van der Waals surface area contributed by atoms with Crippen LogP contribution in [0.1, 0.15) is 6.42 Å². The zero-order valence-corrected chi connectivity index (χ0v) is 16.4. The number of halogens is 1. The quantitative estimate of drug-likeness (QED) is 0.681. The zero-order chi connectivity index (χ0) is 18.2. The van der Waals surface area contributed by atoms with Crippen LogP contribution in [-0.2, 0) is 4.79 Å². The van der Waals surface area contributed by atoms with Crippen LogP contribution in [0.2, 0.25) is 5.02 Å². The Balaban J connectivity index is 1.76. The van der Waals surface area contributed by atoms with E-state index in [4.69, 9.17) is 11.6 Å². The summed E-state index contributed by atoms with van der Waals surface area (Å²) >= 11 is 8.61. The number of carbonyl (C=O) groups excluding carboxylic acids is 2. The Bertz CT molecular complexity index is 719. The molecule has 0 aromatic heterocycles. The fourth-order valence-electron chi connectivity index (χ4n) is 1.81. The van der Waals surface area contributed by atoms with Crippen molar-refractivity contribution in [2.24, 2.45) is 0 Å². The van der Waals surface area contributed by atoms with Crippen LogP contribution in [0, 0.1) is 0 Å². The highest BCUT2D eigenvalue weighted by atomic mass is 35.5. The van der Waals surface area contributed by atoms with Crippen LogP contribution >= 0.6 is 35.1 Å². The molecule has 0 spiro atoms. The molecule has 0 fully saturated rings. The smallest absolute Gasteiger partial charge is 0.285 e. The first-order valence-corrected chi connectivity index (χ1v) is 9.79. The lowest BCUT2D eigenvalue weighted by atomic mass is 10.3. The standard InChI is InChI=1S/C18H19ClN2O2S2/c1-21(2)18(23)25-16-9-5-14(6-10-16)20-17(22)11-12-24-15-7-3-13(19)4-8-15/h3-10H,11-12H2,1-2H3,(H,20,22). The van der Waals surface area contributed by atoms with Crippen molar-refractivity contribution in [1.29, 1.82) is 0 Å². The Morgan fingerprint density at radius 3 is 2.20 bits per heavy atom. The lowest BCUT2D eigenvalue weighted by Crippen LogP contribution is -2.16. The number of nitrogens with zero attached hydrogens (tertiary/aromatic N) is 1. The van der Waals surface area contributed by atoms with E-state index in [0.29, 0.717) is 17.2 Å². The van der Waals surface area contributed by atoms with E-state index in [0.717, 1.165) is 27.2 Å². The number of rotatable bonds is 6. The molecule has 4 nitrogen and oxygen atoms in total. The van der Waals surface area contributed by atoms with Crippen molar-refractivity contribution >= 4 is 52.0 Å². The minimum absolute atomic E-state index is 0.0315. The van der Waals surface area contributed by atoms with Crippen molar-refractivity contribution in [2.45, 2.75) is 16.2 Å². The van der Waals surface area contributed by atoms with E-state index >= 15 is 0 Å². The van der Waals surface area contributed by atoms with E-state index in [9.17, 15) is 9.59 Å². The predicted molar refractivity (Wildman–Crippen MR) is 107 cm³/mol. The molecule has 7 heteroatoms. The number of hydrogen-bond donors (Lipinski definition) is 1. The Hall–Kier alpha value is -1.63. The highest BCUT2D eigenvalue weighted by Crippen LogP contribution is 2.23. The van der Waals surface area contributed by atoms with Gasteiger partial charge in [-0.05, 0) is 60.3 Å². The molecule has 2 aromatic carbocycles. The van der Waals surface area contributed by atoms with Crippen LogP contribution in [0.4, 0.5) is 10.5 Å². The van der Waals surface area contributed by atoms with Gasteiger partial charge in [0.25, 0.3) is 5.24 Å². The maximum Gasteiger partial charge on any atom is 0.285 e. The van der Waals surface area contributed by atoms with Crippen LogP contribution in [-0.4, -0.2) is 35.9 Å². The third-order valence-electron chi connectivity index (χ3n) is 3.12. The molecule has 132 valence electrons. The summed E-state index contributed by atoms with van der Waals surface area (Å²) in [6.45, 7) is 0. The monoisotopic (exact) mass is 394 g/mol. The Morgan fingerprint density at radius 1 is 1.00 bits per heavy atom. The largest absolute Gasteiger partial charge is 0.339 e. The molecule has 0 saturated heterocycles. The molecule has 0 saturated carbocycles. The number of thioether (sulfide) groups is 2. The Morgan fingerprint density at radius 2 is 1.60 bits per heavy atom. The van der Waals surface area contributed by atoms with Gasteiger partial charge in [0.2, 0.25) is 5.91 Å². The average Bonchev–Trinajstić information content (AvgIpc) is 2.58. The first-order valence-electron chi connectivity index (χ1n) is 7.61. The molecule has 0 radical (unpaired) electrons. The van der Waals surface area contributed by atoms with Crippen LogP contribution in [0.15, 0.2) is 58.3 Å². The molecule has 1 N–H and O–H groups in total. The summed E-state index contributed by atoms with van der Waals surface area (Å²) in [5.74, 6) is 0.657. The maximum atomic E-state index is 12.0. The summed E-state index contributed by atoms with van der Waals surface area (Å²) in [6, 6.07) is 14.8. The van der Waals surface area contributed by atoms with E-state index in [1.54, 1.807) is 38.0 Å². The second kappa shape index (κ2) is 9.75. The van der Waals surface area contributed by atoms with Gasteiger partial charge < -0.3 is 10.2 Å². The fraction of sp³-hybridized carbons (Fsp3) is 0.222. The number of carbonyl (C=O) groups is 2. The molecule has 0 aliphatic rings. The molecule has 0 heterocycles. The van der Waals surface area contributed by atoms with Gasteiger partial charge in [-0.3, -0.25) is 9.59 Å². The molecular weight excluding hydrogens is 376 g/mol. The van der Waals surface area contributed by atoms with E-state index in [1.807, 2.05) is 36.4 Å². The van der Waals surface area contributed by atoms with Crippen molar-refractivity contribution in [1.82, 2.24) is 4.90 Å². The lowest BCUT2D eigenvalue weighted by molar-refractivity contribution is -0.115. The summed E-state index contributed by atoms with van der Waals surface area (Å²) in [4.78, 5) is 27.1. The van der Waals surface area contributed by atoms with Gasteiger partial charge >= 0.3 is 0 Å². The van der Waals surface area contributed by atoms with Gasteiger partial charge in [0.15, 0.2) is 0 Å². The molecule has 0 aliphatic heterocycles. The van der Waals surface area contributed by atoms with Crippen LogP contribution < -0.4 is 5.32 Å². The summed E-state index contributed by atoms with van der Waals surface area (Å²) < 4.78 is 0. The molecule has 0 bridgehead atoms. The zero-order valence-electron chi connectivity index (χ0n) is 14.0. The van der Waals surface area contributed by atoms with Gasteiger partial charge in [0.1, 0.15) is 0 Å². The summed E-state index contributed by atoms with van der Waals surface area (Å²) in [7, 11) is 3.43. The summed E-state index contributed by atoms with van der Waals surface area (Å²) in [5.41, 5.74) is 0.725. The molecule has 0 aliphatic carbocycles. The lowest BCUT2D eigenvalue weighted by Gasteiger charge is -2.10. The Labute approximate surface area is 161 Å². The molecule has 25 heavy (non-hydrogen) atoms. The summed E-state index contributed by atoms with van der Waals surface area (Å²) in [5, 5.41) is 3.54.